The Labute approximate surface area is 79.6 Å². The van der Waals surface area contributed by atoms with Crippen LogP contribution in [0.15, 0.2) is 30.3 Å². The Kier molecular flexibility index (Phi) is 3.49. The van der Waals surface area contributed by atoms with Gasteiger partial charge in [-0.05, 0) is 5.56 Å². The summed E-state index contributed by atoms with van der Waals surface area (Å²) in [7, 11) is 1.01. The molecule has 0 aliphatic rings. The third-order valence-corrected chi connectivity index (χ3v) is 1.65. The number of nitrogens with one attached hydrogen (secondary N) is 1. The van der Waals surface area contributed by atoms with Crippen molar-refractivity contribution in [1.82, 2.24) is 5.48 Å². The van der Waals surface area contributed by atoms with E-state index in [2.05, 4.69) is 4.84 Å². The molecule has 1 aromatic carbocycles. The summed E-state index contributed by atoms with van der Waals surface area (Å²) in [5.41, 5.74) is 1.22. The van der Waals surface area contributed by atoms with Crippen molar-refractivity contribution in [2.24, 2.45) is 0 Å². The van der Waals surface area contributed by atoms with Gasteiger partial charge in [0, 0.05) is 0 Å². The Bertz CT molecular complexity index is 279. The topological polar surface area (TPSA) is 21.3 Å². The van der Waals surface area contributed by atoms with Gasteiger partial charge in [0.1, 0.15) is 0 Å². The highest BCUT2D eigenvalue weighted by Crippen LogP contribution is 2.32. The van der Waals surface area contributed by atoms with Crippen LogP contribution in [0.2, 0.25) is 0 Å². The molecule has 0 radical (unpaired) electrons. The largest absolute Gasteiger partial charge is 0.358 e. The van der Waals surface area contributed by atoms with Gasteiger partial charge < -0.3 is 0 Å². The van der Waals surface area contributed by atoms with Gasteiger partial charge in [0.15, 0.2) is 0 Å². The third-order valence-electron chi connectivity index (χ3n) is 1.65. The number of hydroxylamine groups is 1. The molecule has 78 valence electrons. The molecule has 2 nitrogen and oxygen atoms in total. The highest BCUT2D eigenvalue weighted by molar-refractivity contribution is 5.18. The first kappa shape index (κ1) is 11.0. The molecule has 1 unspecified atom stereocenters. The Morgan fingerprint density at radius 3 is 2.36 bits per heavy atom. The van der Waals surface area contributed by atoms with Gasteiger partial charge in [0.2, 0.25) is 6.17 Å². The minimum absolute atomic E-state index is 0.0953. The van der Waals surface area contributed by atoms with Crippen LogP contribution >= 0.6 is 0 Å². The highest BCUT2D eigenvalue weighted by Gasteiger charge is 2.41. The Morgan fingerprint density at radius 1 is 1.29 bits per heavy atom. The average molecular weight is 205 g/mol. The highest BCUT2D eigenvalue weighted by atomic mass is 19.3. The van der Waals surface area contributed by atoms with E-state index < -0.39 is 12.2 Å². The molecule has 1 rings (SSSR count). The lowest BCUT2D eigenvalue weighted by Crippen LogP contribution is -2.39. The van der Waals surface area contributed by atoms with Crippen LogP contribution < -0.4 is 5.48 Å². The van der Waals surface area contributed by atoms with Crippen LogP contribution in [0, 0.1) is 0 Å². The zero-order valence-corrected chi connectivity index (χ0v) is 7.51. The number of halogens is 3. The Morgan fingerprint density at radius 2 is 1.86 bits per heavy atom. The van der Waals surface area contributed by atoms with Gasteiger partial charge in [0.05, 0.1) is 7.11 Å². The van der Waals surface area contributed by atoms with Crippen LogP contribution in [0.3, 0.4) is 0 Å². The standard InChI is InChI=1S/C9H10F3NO/c1-14-13-9(11,12)8(10)7-5-3-2-4-6-7/h2-6,8,13H,1H3. The fourth-order valence-electron chi connectivity index (χ4n) is 1.02. The molecule has 0 saturated heterocycles. The molecule has 0 amide bonds. The fraction of sp³-hybridized carbons (Fsp3) is 0.333. The maximum Gasteiger partial charge on any atom is 0.358 e. The first-order valence-corrected chi connectivity index (χ1v) is 3.95. The predicted octanol–water partition coefficient (Wildman–Crippen LogP) is 2.44. The van der Waals surface area contributed by atoms with Crippen molar-refractivity contribution in [3.8, 4) is 0 Å². The number of rotatable bonds is 4. The maximum absolute atomic E-state index is 13.2. The molecule has 0 spiro atoms. The molecule has 0 saturated carbocycles. The van der Waals surface area contributed by atoms with Gasteiger partial charge in [-0.15, -0.1) is 5.48 Å². The molecular formula is C9H10F3NO. The van der Waals surface area contributed by atoms with Gasteiger partial charge in [-0.1, -0.05) is 30.3 Å². The van der Waals surface area contributed by atoms with Crippen molar-refractivity contribution < 1.29 is 18.0 Å². The number of hydrogen-bond donors (Lipinski definition) is 1. The fourth-order valence-corrected chi connectivity index (χ4v) is 1.02. The quantitative estimate of drug-likeness (QED) is 0.602. The van der Waals surface area contributed by atoms with Crippen molar-refractivity contribution >= 4 is 0 Å². The first-order chi connectivity index (χ1) is 6.58. The van der Waals surface area contributed by atoms with Crippen LogP contribution in [0.25, 0.3) is 0 Å². The summed E-state index contributed by atoms with van der Waals surface area (Å²) >= 11 is 0. The van der Waals surface area contributed by atoms with E-state index in [9.17, 15) is 13.2 Å². The molecule has 0 aliphatic heterocycles. The summed E-state index contributed by atoms with van der Waals surface area (Å²) in [5, 5.41) is 0. The zero-order valence-electron chi connectivity index (χ0n) is 7.51. The molecule has 0 bridgehead atoms. The molecular weight excluding hydrogens is 195 g/mol. The molecule has 0 heterocycles. The summed E-state index contributed by atoms with van der Waals surface area (Å²) in [6.07, 6.45) is -2.43. The van der Waals surface area contributed by atoms with E-state index in [1.165, 1.54) is 29.7 Å². The second-order valence-corrected chi connectivity index (χ2v) is 2.70. The van der Waals surface area contributed by atoms with Crippen LogP contribution in [0.1, 0.15) is 11.7 Å². The van der Waals surface area contributed by atoms with E-state index in [-0.39, 0.29) is 5.56 Å². The maximum atomic E-state index is 13.2. The molecule has 1 atom stereocenters. The molecule has 1 N–H and O–H groups in total. The molecule has 0 fully saturated rings. The zero-order chi connectivity index (χ0) is 10.6. The average Bonchev–Trinajstić information content (AvgIpc) is 2.18. The summed E-state index contributed by atoms with van der Waals surface area (Å²) in [6, 6.07) is 3.45. The van der Waals surface area contributed by atoms with E-state index >= 15 is 0 Å². The van der Waals surface area contributed by atoms with Crippen molar-refractivity contribution in [2.45, 2.75) is 12.2 Å². The van der Waals surface area contributed by atoms with Crippen LogP contribution in [0.5, 0.6) is 0 Å². The molecule has 1 aromatic rings. The number of benzene rings is 1. The van der Waals surface area contributed by atoms with E-state index in [0.29, 0.717) is 0 Å². The predicted molar refractivity (Wildman–Crippen MR) is 45.4 cm³/mol. The van der Waals surface area contributed by atoms with Crippen LogP contribution in [-0.2, 0) is 4.84 Å². The monoisotopic (exact) mass is 205 g/mol. The molecule has 0 aromatic heterocycles. The number of hydrogen-bond acceptors (Lipinski definition) is 2. The van der Waals surface area contributed by atoms with Crippen molar-refractivity contribution in [2.75, 3.05) is 7.11 Å². The van der Waals surface area contributed by atoms with E-state index in [1.54, 1.807) is 6.07 Å². The SMILES string of the molecule is CONC(F)(F)C(F)c1ccccc1. The van der Waals surface area contributed by atoms with Crippen LogP contribution in [-0.4, -0.2) is 13.2 Å². The third kappa shape index (κ3) is 2.46. The van der Waals surface area contributed by atoms with Crippen molar-refractivity contribution in [3.63, 3.8) is 0 Å². The van der Waals surface area contributed by atoms with Crippen molar-refractivity contribution in [3.05, 3.63) is 35.9 Å². The second-order valence-electron chi connectivity index (χ2n) is 2.70. The van der Waals surface area contributed by atoms with E-state index in [1.807, 2.05) is 0 Å². The normalized spacial score (nSPS) is 14.0. The first-order valence-electron chi connectivity index (χ1n) is 3.95. The molecule has 5 heteroatoms. The van der Waals surface area contributed by atoms with Gasteiger partial charge in [-0.2, -0.15) is 8.78 Å². The van der Waals surface area contributed by atoms with Gasteiger partial charge in [-0.25, -0.2) is 4.39 Å². The van der Waals surface area contributed by atoms with Gasteiger partial charge in [-0.3, -0.25) is 4.84 Å². The Hall–Kier alpha value is -1.07. The summed E-state index contributed by atoms with van der Waals surface area (Å²) < 4.78 is 39.0. The second kappa shape index (κ2) is 4.43. The van der Waals surface area contributed by atoms with E-state index in [0.717, 1.165) is 7.11 Å². The van der Waals surface area contributed by atoms with Crippen molar-refractivity contribution in [1.29, 1.82) is 0 Å². The summed E-state index contributed by atoms with van der Waals surface area (Å²) in [5.74, 6) is 0. The lowest BCUT2D eigenvalue weighted by atomic mass is 10.1. The smallest absolute Gasteiger partial charge is 0.300 e. The lowest BCUT2D eigenvalue weighted by molar-refractivity contribution is -0.184. The van der Waals surface area contributed by atoms with Gasteiger partial charge in [0.25, 0.3) is 0 Å². The Balaban J connectivity index is 2.79. The minimum atomic E-state index is -3.73. The lowest BCUT2D eigenvalue weighted by Gasteiger charge is -2.20. The van der Waals surface area contributed by atoms with E-state index in [4.69, 9.17) is 0 Å². The van der Waals surface area contributed by atoms with Crippen LogP contribution in [0.4, 0.5) is 13.2 Å². The molecule has 14 heavy (non-hydrogen) atoms. The summed E-state index contributed by atoms with van der Waals surface area (Å²) in [6.45, 7) is 0. The minimum Gasteiger partial charge on any atom is -0.300 e. The van der Waals surface area contributed by atoms with Gasteiger partial charge >= 0.3 is 6.05 Å². The summed E-state index contributed by atoms with van der Waals surface area (Å²) in [4.78, 5) is 4.01. The number of alkyl halides is 3. The molecule has 0 aliphatic carbocycles.